The molecule has 0 unspecified atom stereocenters. The number of hydrogen-bond acceptors (Lipinski definition) is 1. The van der Waals surface area contributed by atoms with E-state index in [2.05, 4.69) is 264 Å². The quantitative estimate of drug-likeness (QED) is 0.155. The highest BCUT2D eigenvalue weighted by molar-refractivity contribution is 6.10. The van der Waals surface area contributed by atoms with Crippen LogP contribution in [0.25, 0.3) is 82.8 Å². The van der Waals surface area contributed by atoms with E-state index in [0.29, 0.717) is 0 Å². The van der Waals surface area contributed by atoms with Crippen molar-refractivity contribution in [2.75, 3.05) is 4.90 Å². The van der Waals surface area contributed by atoms with Crippen LogP contribution in [0.3, 0.4) is 0 Å². The molecule has 0 bridgehead atoms. The van der Waals surface area contributed by atoms with Gasteiger partial charge in [0.25, 0.3) is 0 Å². The third-order valence-electron chi connectivity index (χ3n) is 14.1. The molecule has 1 aromatic heterocycles. The van der Waals surface area contributed by atoms with E-state index in [1.807, 2.05) is 0 Å². The number of hydrogen-bond donors (Lipinski definition) is 0. The van der Waals surface area contributed by atoms with Gasteiger partial charge in [0.1, 0.15) is 0 Å². The van der Waals surface area contributed by atoms with Crippen molar-refractivity contribution in [3.05, 3.63) is 277 Å². The van der Waals surface area contributed by atoms with Gasteiger partial charge in [-0.05, 0) is 157 Å². The van der Waals surface area contributed by atoms with Crippen molar-refractivity contribution in [3.8, 4) is 50.2 Å². The molecule has 0 N–H and O–H groups in total. The summed E-state index contributed by atoms with van der Waals surface area (Å²) in [7, 11) is 0. The fourth-order valence-electron chi connectivity index (χ4n) is 10.8. The Kier molecular flexibility index (Phi) is 9.68. The minimum atomic E-state index is 0.816. The Hall–Kier alpha value is -8.72. The average Bonchev–Trinajstić information content (AvgIpc) is 3.76. The Bertz CT molecular complexity index is 3810. The minimum Gasteiger partial charge on any atom is -0.310 e. The number of nitrogens with zero attached hydrogens (tertiary/aromatic N) is 2. The molecule has 2 heteroatoms. The molecule has 68 heavy (non-hydrogen) atoms. The molecule has 1 heterocycles. The van der Waals surface area contributed by atoms with Crippen molar-refractivity contribution in [1.29, 1.82) is 0 Å². The molecule has 2 nitrogen and oxygen atoms in total. The first-order valence-electron chi connectivity index (χ1n) is 23.7. The van der Waals surface area contributed by atoms with E-state index < -0.39 is 0 Å². The van der Waals surface area contributed by atoms with Crippen LogP contribution in [-0.2, 0) is 12.8 Å². The molecule has 0 saturated carbocycles. The van der Waals surface area contributed by atoms with E-state index in [1.54, 1.807) is 0 Å². The highest BCUT2D eigenvalue weighted by Crippen LogP contribution is 2.43. The maximum atomic E-state index is 2.45. The van der Waals surface area contributed by atoms with Crippen molar-refractivity contribution in [2.24, 2.45) is 0 Å². The van der Waals surface area contributed by atoms with E-state index >= 15 is 0 Å². The zero-order valence-electron chi connectivity index (χ0n) is 37.6. The molecule has 0 aliphatic heterocycles. The maximum Gasteiger partial charge on any atom is 0.0541 e. The molecule has 0 spiro atoms. The first-order chi connectivity index (χ1) is 33.7. The Morgan fingerprint density at radius 3 is 1.41 bits per heavy atom. The summed E-state index contributed by atoms with van der Waals surface area (Å²) < 4.78 is 2.41. The molecule has 0 atom stereocenters. The predicted octanol–water partition coefficient (Wildman–Crippen LogP) is 17.6. The topological polar surface area (TPSA) is 8.17 Å². The molecule has 12 aromatic rings. The molecule has 11 aromatic carbocycles. The van der Waals surface area contributed by atoms with E-state index in [4.69, 9.17) is 0 Å². The van der Waals surface area contributed by atoms with Crippen LogP contribution in [0.15, 0.2) is 255 Å². The van der Waals surface area contributed by atoms with Crippen LogP contribution in [0.5, 0.6) is 0 Å². The minimum absolute atomic E-state index is 0.816. The molecule has 13 rings (SSSR count). The van der Waals surface area contributed by atoms with Gasteiger partial charge >= 0.3 is 0 Å². The number of rotatable bonds is 7. The van der Waals surface area contributed by atoms with Gasteiger partial charge < -0.3 is 9.47 Å². The number of benzene rings is 11. The summed E-state index contributed by atoms with van der Waals surface area (Å²) in [4.78, 5) is 2.43. The van der Waals surface area contributed by atoms with Gasteiger partial charge in [0.15, 0.2) is 0 Å². The van der Waals surface area contributed by atoms with Crippen LogP contribution in [0.4, 0.5) is 17.1 Å². The lowest BCUT2D eigenvalue weighted by atomic mass is 9.89. The fraction of sp³-hybridized carbons (Fsp3) is 0.0303. The summed E-state index contributed by atoms with van der Waals surface area (Å²) in [5, 5.41) is 5.16. The molecule has 320 valence electrons. The summed E-state index contributed by atoms with van der Waals surface area (Å²) in [5.41, 5.74) is 22.1. The van der Waals surface area contributed by atoms with Crippen LogP contribution < -0.4 is 4.90 Å². The molecule has 0 amide bonds. The van der Waals surface area contributed by atoms with Gasteiger partial charge in [-0.3, -0.25) is 0 Å². The maximum absolute atomic E-state index is 2.45. The standard InChI is InChI=1S/C66H46N2/c1-4-14-45(15-5-1)48-26-30-56(31-27-48)67(57-32-34-58(35-33-57)68-64-25-11-10-24-62(64)63-44-51(29-39-65(63)68)47-18-8-3-9-19-47)59-36-38-61-55(43-59)42-53-23-13-21-49-20-12-22-52(66(49)53)41-54-40-50(28-37-60(54)61)46-16-6-2-7-17-46/h1-40,43-44H,41-42H2. The highest BCUT2D eigenvalue weighted by atomic mass is 15.1. The van der Waals surface area contributed by atoms with E-state index in [-0.39, 0.29) is 0 Å². The van der Waals surface area contributed by atoms with Crippen molar-refractivity contribution in [2.45, 2.75) is 12.8 Å². The third-order valence-corrected chi connectivity index (χ3v) is 14.1. The van der Waals surface area contributed by atoms with E-state index in [0.717, 1.165) is 35.6 Å². The highest BCUT2D eigenvalue weighted by Gasteiger charge is 2.22. The monoisotopic (exact) mass is 866 g/mol. The largest absolute Gasteiger partial charge is 0.310 e. The molecule has 0 radical (unpaired) electrons. The van der Waals surface area contributed by atoms with Gasteiger partial charge in [-0.1, -0.05) is 188 Å². The van der Waals surface area contributed by atoms with Gasteiger partial charge in [-0.2, -0.15) is 0 Å². The lowest BCUT2D eigenvalue weighted by molar-refractivity contribution is 1.17. The normalized spacial score (nSPS) is 12.0. The Morgan fingerprint density at radius 1 is 0.294 bits per heavy atom. The Morgan fingerprint density at radius 2 is 0.765 bits per heavy atom. The summed E-state index contributed by atoms with van der Waals surface area (Å²) in [6.45, 7) is 0. The first kappa shape index (κ1) is 39.6. The lowest BCUT2D eigenvalue weighted by Gasteiger charge is -2.27. The molecule has 0 saturated heterocycles. The zero-order valence-corrected chi connectivity index (χ0v) is 37.6. The first-order valence-corrected chi connectivity index (χ1v) is 23.7. The number of fused-ring (bicyclic) bond motifs is 6. The Labute approximate surface area is 397 Å². The second-order valence-electron chi connectivity index (χ2n) is 18.1. The summed E-state index contributed by atoms with van der Waals surface area (Å²) in [5.74, 6) is 0. The second-order valence-corrected chi connectivity index (χ2v) is 18.1. The smallest absolute Gasteiger partial charge is 0.0541 e. The van der Waals surface area contributed by atoms with Gasteiger partial charge in [-0.15, -0.1) is 0 Å². The Balaban J connectivity index is 0.965. The van der Waals surface area contributed by atoms with Crippen molar-refractivity contribution < 1.29 is 0 Å². The van der Waals surface area contributed by atoms with Crippen molar-refractivity contribution in [3.63, 3.8) is 0 Å². The molecule has 0 fully saturated rings. The van der Waals surface area contributed by atoms with Crippen LogP contribution in [0.2, 0.25) is 0 Å². The zero-order chi connectivity index (χ0) is 45.0. The van der Waals surface area contributed by atoms with Gasteiger partial charge in [0, 0.05) is 33.5 Å². The van der Waals surface area contributed by atoms with Crippen molar-refractivity contribution in [1.82, 2.24) is 4.57 Å². The second kappa shape index (κ2) is 16.6. The number of aromatic nitrogens is 1. The third kappa shape index (κ3) is 6.98. The summed E-state index contributed by atoms with van der Waals surface area (Å²) in [6.07, 6.45) is 1.68. The fourth-order valence-corrected chi connectivity index (χ4v) is 10.8. The molecule has 1 aliphatic rings. The number of anilines is 3. The van der Waals surface area contributed by atoms with E-state index in [1.165, 1.54) is 99.3 Å². The van der Waals surface area contributed by atoms with Gasteiger partial charge in [0.05, 0.1) is 11.0 Å². The van der Waals surface area contributed by atoms with E-state index in [9.17, 15) is 0 Å². The van der Waals surface area contributed by atoms with Gasteiger partial charge in [0.2, 0.25) is 0 Å². The van der Waals surface area contributed by atoms with Crippen molar-refractivity contribution >= 4 is 49.6 Å². The average molecular weight is 867 g/mol. The van der Waals surface area contributed by atoms with Crippen LogP contribution in [0.1, 0.15) is 22.3 Å². The summed E-state index contributed by atoms with van der Waals surface area (Å²) in [6, 6.07) is 93.9. The van der Waals surface area contributed by atoms with Crippen LogP contribution in [-0.4, -0.2) is 4.57 Å². The summed E-state index contributed by atoms with van der Waals surface area (Å²) >= 11 is 0. The number of para-hydroxylation sites is 1. The molecule has 1 aliphatic carbocycles. The van der Waals surface area contributed by atoms with Crippen LogP contribution >= 0.6 is 0 Å². The SMILES string of the molecule is c1ccc(-c2ccc(N(c3ccc(-n4c5ccccc5c5cc(-c6ccccc6)ccc54)cc3)c3ccc4c(c3)Cc3cccc5cccc(c35)Cc3cc(-c5ccccc5)ccc3-4)cc2)cc1. The van der Waals surface area contributed by atoms with Gasteiger partial charge in [-0.25, -0.2) is 0 Å². The molecular weight excluding hydrogens is 821 g/mol. The predicted molar refractivity (Wildman–Crippen MR) is 287 cm³/mol. The lowest BCUT2D eigenvalue weighted by Crippen LogP contribution is -2.11. The van der Waals surface area contributed by atoms with Crippen LogP contribution in [0, 0.1) is 0 Å². The molecular formula is C66H46N2.